The first-order valence-electron chi connectivity index (χ1n) is 19.0. The average Bonchev–Trinajstić information content (AvgIpc) is 3.12. The zero-order valence-corrected chi connectivity index (χ0v) is 32.3. The van der Waals surface area contributed by atoms with E-state index in [2.05, 4.69) is 187 Å². The summed E-state index contributed by atoms with van der Waals surface area (Å²) in [6, 6.07) is 39.7. The van der Waals surface area contributed by atoms with Crippen molar-refractivity contribution in [2.75, 3.05) is 0 Å². The van der Waals surface area contributed by atoms with E-state index in [0.29, 0.717) is 0 Å². The molecule has 2 aliphatic heterocycles. The monoisotopic (exact) mass is 678 g/mol. The second kappa shape index (κ2) is 11.2. The number of hydrogen-bond donors (Lipinski definition) is 0. The molecule has 4 heterocycles. The van der Waals surface area contributed by atoms with Gasteiger partial charge in [-0.15, -0.1) is 0 Å². The number of allylic oxidation sites excluding steroid dienone is 2. The number of nitrogens with zero attached hydrogens (tertiary/aromatic N) is 2. The Morgan fingerprint density at radius 1 is 0.404 bits per heavy atom. The average molecular weight is 679 g/mol. The molecule has 0 spiro atoms. The zero-order valence-electron chi connectivity index (χ0n) is 32.3. The maximum absolute atomic E-state index is 2.54. The molecule has 0 aliphatic carbocycles. The summed E-state index contributed by atoms with van der Waals surface area (Å²) in [6.45, 7) is 20.9. The van der Waals surface area contributed by atoms with E-state index in [9.17, 15) is 0 Å². The molecule has 2 nitrogen and oxygen atoms in total. The number of benzene rings is 5. The van der Waals surface area contributed by atoms with Crippen molar-refractivity contribution in [1.29, 1.82) is 0 Å². The Balaban J connectivity index is 1.37. The summed E-state index contributed by atoms with van der Waals surface area (Å²) < 4.78 is 5.07. The lowest BCUT2D eigenvalue weighted by atomic mass is 9.81. The molecule has 0 amide bonds. The molecule has 0 fully saturated rings. The quantitative estimate of drug-likeness (QED) is 0.111. The largest absolute Gasteiger partial charge is 0.259 e. The summed E-state index contributed by atoms with van der Waals surface area (Å²) in [5, 5.41) is 7.95. The van der Waals surface area contributed by atoms with Gasteiger partial charge in [-0.3, -0.25) is 0 Å². The third-order valence-corrected chi connectivity index (χ3v) is 11.8. The molecule has 258 valence electrons. The summed E-state index contributed by atoms with van der Waals surface area (Å²) in [7, 11) is 0. The van der Waals surface area contributed by atoms with Crippen molar-refractivity contribution in [2.45, 2.75) is 91.4 Å². The van der Waals surface area contributed by atoms with Crippen LogP contribution in [0.15, 0.2) is 116 Å². The van der Waals surface area contributed by atoms with Crippen molar-refractivity contribution in [3.63, 3.8) is 0 Å². The molecule has 0 N–H and O–H groups in total. The van der Waals surface area contributed by atoms with Gasteiger partial charge in [0.2, 0.25) is 11.4 Å². The van der Waals surface area contributed by atoms with Crippen molar-refractivity contribution in [2.24, 2.45) is 0 Å². The maximum atomic E-state index is 2.54. The molecular weight excluding hydrogens is 629 g/mol. The minimum Gasteiger partial charge on any atom is -0.158 e. The molecule has 2 aromatic heterocycles. The van der Waals surface area contributed by atoms with Crippen LogP contribution < -0.4 is 9.13 Å². The second-order valence-corrected chi connectivity index (χ2v) is 18.4. The standard InChI is InChI=1S/C50H50N2/c1-48(2,3)33-18-20-36-31(24-33)26-47(52-30-35(50(7,8)9)19-21-44(36)52)46-27-32-25-42-39-16-12-10-14-37(39)38-15-11-13-17-40(38)43(42)29-41(32)45-28-34(49(4,5)6)22-23-51(45)46/h10-25,28-30H,26-27H2,1-9H3/q+2/b47-46+. The Labute approximate surface area is 309 Å². The van der Waals surface area contributed by atoms with Crippen LogP contribution in [0.1, 0.15) is 90.1 Å². The van der Waals surface area contributed by atoms with Gasteiger partial charge in [0.05, 0.1) is 24.0 Å². The van der Waals surface area contributed by atoms with Gasteiger partial charge in [0.25, 0.3) is 11.4 Å². The van der Waals surface area contributed by atoms with E-state index in [1.165, 1.54) is 94.0 Å². The number of rotatable bonds is 0. The van der Waals surface area contributed by atoms with Crippen molar-refractivity contribution < 1.29 is 9.13 Å². The lowest BCUT2D eigenvalue weighted by Gasteiger charge is -2.26. The summed E-state index contributed by atoms with van der Waals surface area (Å²) in [5.74, 6) is 0. The van der Waals surface area contributed by atoms with E-state index >= 15 is 0 Å². The van der Waals surface area contributed by atoms with Crippen LogP contribution in [-0.4, -0.2) is 0 Å². The lowest BCUT2D eigenvalue weighted by Crippen LogP contribution is -2.47. The van der Waals surface area contributed by atoms with Gasteiger partial charge < -0.3 is 0 Å². The first-order chi connectivity index (χ1) is 24.7. The first-order valence-corrected chi connectivity index (χ1v) is 19.0. The van der Waals surface area contributed by atoms with E-state index < -0.39 is 0 Å². The molecular formula is C50H50N2+2. The molecule has 2 heteroatoms. The molecule has 0 atom stereocenters. The van der Waals surface area contributed by atoms with Crippen LogP contribution in [0.3, 0.4) is 0 Å². The third kappa shape index (κ3) is 5.13. The Kier molecular flexibility index (Phi) is 7.07. The van der Waals surface area contributed by atoms with Crippen LogP contribution in [0, 0.1) is 0 Å². The van der Waals surface area contributed by atoms with Crippen molar-refractivity contribution >= 4 is 43.7 Å². The normalized spacial score (nSPS) is 15.8. The molecule has 0 radical (unpaired) electrons. The molecule has 52 heavy (non-hydrogen) atoms. The van der Waals surface area contributed by atoms with Crippen LogP contribution in [-0.2, 0) is 29.1 Å². The maximum Gasteiger partial charge on any atom is 0.259 e. The van der Waals surface area contributed by atoms with Crippen LogP contribution in [0.2, 0.25) is 0 Å². The van der Waals surface area contributed by atoms with Gasteiger partial charge in [0.1, 0.15) is 0 Å². The second-order valence-electron chi connectivity index (χ2n) is 18.4. The Hall–Kier alpha value is -5.08. The summed E-state index contributed by atoms with van der Waals surface area (Å²) in [4.78, 5) is 0. The fourth-order valence-corrected chi connectivity index (χ4v) is 8.65. The van der Waals surface area contributed by atoms with Gasteiger partial charge in [0, 0.05) is 23.8 Å². The summed E-state index contributed by atoms with van der Waals surface area (Å²) in [5.41, 5.74) is 15.0. The fourth-order valence-electron chi connectivity index (χ4n) is 8.65. The van der Waals surface area contributed by atoms with Crippen molar-refractivity contribution in [1.82, 2.24) is 0 Å². The van der Waals surface area contributed by atoms with E-state index in [4.69, 9.17) is 0 Å². The SMILES string of the molecule is CC(C)(C)c1ccc2c(c1)C/C(=C1/Cc3cc4c5ccccc5c5ccccc5c4cc3-c3cc(C(C)(C)C)cc[n+]31)[n+]1cc(C(C)(C)C)ccc1-2. The van der Waals surface area contributed by atoms with Crippen LogP contribution in [0.25, 0.3) is 66.2 Å². The molecule has 5 aromatic carbocycles. The van der Waals surface area contributed by atoms with Crippen LogP contribution in [0.4, 0.5) is 0 Å². The molecule has 0 bridgehead atoms. The zero-order chi connectivity index (χ0) is 36.3. The lowest BCUT2D eigenvalue weighted by molar-refractivity contribution is -0.602. The molecule has 0 unspecified atom stereocenters. The molecule has 0 saturated heterocycles. The highest BCUT2D eigenvalue weighted by Crippen LogP contribution is 2.43. The Morgan fingerprint density at radius 3 is 1.50 bits per heavy atom. The highest BCUT2D eigenvalue weighted by atomic mass is 15.1. The number of aromatic nitrogens is 2. The van der Waals surface area contributed by atoms with Gasteiger partial charge in [-0.2, -0.15) is 9.13 Å². The molecule has 0 saturated carbocycles. The number of fused-ring (bicyclic) bond motifs is 12. The summed E-state index contributed by atoms with van der Waals surface area (Å²) >= 11 is 0. The third-order valence-electron chi connectivity index (χ3n) is 11.8. The van der Waals surface area contributed by atoms with Crippen molar-refractivity contribution in [3.05, 3.63) is 143 Å². The molecule has 9 rings (SSSR count). The van der Waals surface area contributed by atoms with E-state index in [0.717, 1.165) is 12.8 Å². The van der Waals surface area contributed by atoms with Gasteiger partial charge in [-0.25, -0.2) is 0 Å². The highest BCUT2D eigenvalue weighted by Gasteiger charge is 2.40. The van der Waals surface area contributed by atoms with E-state index in [-0.39, 0.29) is 16.2 Å². The van der Waals surface area contributed by atoms with E-state index in [1.54, 1.807) is 0 Å². The highest BCUT2D eigenvalue weighted by molar-refractivity contribution is 6.26. The van der Waals surface area contributed by atoms with Gasteiger partial charge in [-0.1, -0.05) is 123 Å². The van der Waals surface area contributed by atoms with Gasteiger partial charge in [-0.05, 0) is 95.1 Å². The molecule has 2 aliphatic rings. The Morgan fingerprint density at radius 2 is 0.904 bits per heavy atom. The Bertz CT molecular complexity index is 2670. The van der Waals surface area contributed by atoms with Gasteiger partial charge in [0.15, 0.2) is 12.4 Å². The first kappa shape index (κ1) is 32.8. The topological polar surface area (TPSA) is 7.76 Å². The van der Waals surface area contributed by atoms with Crippen molar-refractivity contribution in [3.8, 4) is 22.5 Å². The predicted octanol–water partition coefficient (Wildman–Crippen LogP) is 11.9. The fraction of sp³-hybridized carbons (Fsp3) is 0.280. The smallest absolute Gasteiger partial charge is 0.158 e. The summed E-state index contributed by atoms with van der Waals surface area (Å²) in [6.07, 6.45) is 6.52. The number of hydrogen-bond acceptors (Lipinski definition) is 0. The van der Waals surface area contributed by atoms with Gasteiger partial charge >= 0.3 is 0 Å². The molecule has 7 aromatic rings. The van der Waals surface area contributed by atoms with Crippen LogP contribution in [0.5, 0.6) is 0 Å². The predicted molar refractivity (Wildman–Crippen MR) is 220 cm³/mol. The minimum absolute atomic E-state index is 0.0242. The number of pyridine rings is 2. The van der Waals surface area contributed by atoms with Crippen LogP contribution >= 0.6 is 0 Å². The minimum atomic E-state index is 0.0242. The van der Waals surface area contributed by atoms with E-state index in [1.807, 2.05) is 0 Å².